The van der Waals surface area contributed by atoms with E-state index in [9.17, 15) is 8.78 Å². The Morgan fingerprint density at radius 3 is 2.74 bits per heavy atom. The SMILES string of the molecule is N=C(C1=NOCCO1)c1ccccc1Oc1nccc(OC(CF)CF)n1. The first-order valence-electron chi connectivity index (χ1n) is 8.02. The number of nitrogens with zero attached hydrogens (tertiary/aromatic N) is 3. The Bertz CT molecular complexity index is 830. The number of hydrogen-bond donors (Lipinski definition) is 1. The summed E-state index contributed by atoms with van der Waals surface area (Å²) >= 11 is 0. The van der Waals surface area contributed by atoms with Crippen molar-refractivity contribution in [2.45, 2.75) is 6.10 Å². The van der Waals surface area contributed by atoms with Crippen LogP contribution in [-0.4, -0.2) is 54.2 Å². The van der Waals surface area contributed by atoms with Crippen LogP contribution in [0.5, 0.6) is 17.6 Å². The minimum atomic E-state index is -1.24. The largest absolute Gasteiger partial charge is 0.470 e. The van der Waals surface area contributed by atoms with Gasteiger partial charge in [-0.25, -0.2) is 13.8 Å². The molecule has 1 aliphatic heterocycles. The number of oxime groups is 1. The molecule has 1 aliphatic rings. The quantitative estimate of drug-likeness (QED) is 0.709. The van der Waals surface area contributed by atoms with Gasteiger partial charge in [-0.05, 0) is 17.3 Å². The summed E-state index contributed by atoms with van der Waals surface area (Å²) in [5.74, 6) is 0.273. The van der Waals surface area contributed by atoms with Gasteiger partial charge >= 0.3 is 6.01 Å². The second kappa shape index (κ2) is 8.88. The van der Waals surface area contributed by atoms with Crippen LogP contribution in [0.25, 0.3) is 0 Å². The molecular formula is C17H16F2N4O4. The molecule has 2 heterocycles. The van der Waals surface area contributed by atoms with Crippen LogP contribution in [-0.2, 0) is 9.57 Å². The highest BCUT2D eigenvalue weighted by Crippen LogP contribution is 2.25. The fraction of sp³-hybridized carbons (Fsp3) is 0.294. The average molecular weight is 378 g/mol. The minimum absolute atomic E-state index is 0.0266. The Balaban J connectivity index is 1.80. The maximum atomic E-state index is 12.6. The number of halogens is 2. The molecule has 0 saturated carbocycles. The summed E-state index contributed by atoms with van der Waals surface area (Å²) in [5.41, 5.74) is 0.342. The van der Waals surface area contributed by atoms with Gasteiger partial charge in [0.05, 0.1) is 0 Å². The van der Waals surface area contributed by atoms with Crippen LogP contribution in [0.15, 0.2) is 41.7 Å². The summed E-state index contributed by atoms with van der Waals surface area (Å²) in [6.07, 6.45) is 0.0936. The number of rotatable bonds is 8. The van der Waals surface area contributed by atoms with Gasteiger partial charge in [0.15, 0.2) is 12.7 Å². The van der Waals surface area contributed by atoms with Crippen molar-refractivity contribution in [3.8, 4) is 17.6 Å². The van der Waals surface area contributed by atoms with Crippen LogP contribution in [0.1, 0.15) is 5.56 Å². The standard InChI is InChI=1S/C17H16F2N4O4/c18-9-11(10-19)26-14-5-6-21-17(22-14)27-13-4-2-1-3-12(13)15(20)16-23-25-8-7-24-16/h1-6,11,20H,7-10H2. The number of nitrogens with one attached hydrogen (secondary N) is 1. The lowest BCUT2D eigenvalue weighted by atomic mass is 10.1. The van der Waals surface area contributed by atoms with Gasteiger partial charge in [0.1, 0.15) is 31.4 Å². The Morgan fingerprint density at radius 2 is 2.00 bits per heavy atom. The predicted octanol–water partition coefficient (Wildman–Crippen LogP) is 2.68. The van der Waals surface area contributed by atoms with E-state index < -0.39 is 19.5 Å². The van der Waals surface area contributed by atoms with Gasteiger partial charge in [-0.2, -0.15) is 4.98 Å². The van der Waals surface area contributed by atoms with Crippen molar-refractivity contribution in [2.75, 3.05) is 26.6 Å². The molecule has 0 unspecified atom stereocenters. The normalized spacial score (nSPS) is 13.4. The van der Waals surface area contributed by atoms with Gasteiger partial charge in [0.2, 0.25) is 5.88 Å². The number of aromatic nitrogens is 2. The molecule has 0 fully saturated rings. The summed E-state index contributed by atoms with van der Waals surface area (Å²) in [4.78, 5) is 12.9. The molecular weight excluding hydrogens is 362 g/mol. The molecule has 0 bridgehead atoms. The van der Waals surface area contributed by atoms with Crippen LogP contribution in [0, 0.1) is 5.41 Å². The third kappa shape index (κ3) is 4.66. The van der Waals surface area contributed by atoms with Crippen LogP contribution < -0.4 is 9.47 Å². The second-order valence-corrected chi connectivity index (χ2v) is 5.28. The first-order chi connectivity index (χ1) is 13.2. The molecule has 3 rings (SSSR count). The Kier molecular flexibility index (Phi) is 6.08. The summed E-state index contributed by atoms with van der Waals surface area (Å²) in [6, 6.07) is 7.93. The third-order valence-electron chi connectivity index (χ3n) is 3.37. The monoisotopic (exact) mass is 378 g/mol. The van der Waals surface area contributed by atoms with Crippen LogP contribution in [0.4, 0.5) is 8.78 Å². The van der Waals surface area contributed by atoms with Crippen molar-refractivity contribution in [2.24, 2.45) is 5.16 Å². The summed E-state index contributed by atoms with van der Waals surface area (Å²) in [7, 11) is 0. The van der Waals surface area contributed by atoms with E-state index in [1.807, 2.05) is 0 Å². The molecule has 8 nitrogen and oxygen atoms in total. The molecule has 1 aromatic heterocycles. The Morgan fingerprint density at radius 1 is 1.19 bits per heavy atom. The van der Waals surface area contributed by atoms with Crippen molar-refractivity contribution in [1.82, 2.24) is 9.97 Å². The molecule has 142 valence electrons. The topological polar surface area (TPSA) is 98.9 Å². The maximum Gasteiger partial charge on any atom is 0.325 e. The molecule has 2 aromatic rings. The van der Waals surface area contributed by atoms with Crippen LogP contribution >= 0.6 is 0 Å². The van der Waals surface area contributed by atoms with Crippen molar-refractivity contribution in [3.05, 3.63) is 42.1 Å². The number of para-hydroxylation sites is 1. The molecule has 0 amide bonds. The molecule has 0 spiro atoms. The smallest absolute Gasteiger partial charge is 0.325 e. The van der Waals surface area contributed by atoms with E-state index in [0.29, 0.717) is 12.2 Å². The van der Waals surface area contributed by atoms with Crippen molar-refractivity contribution >= 4 is 11.6 Å². The molecule has 1 N–H and O–H groups in total. The lowest BCUT2D eigenvalue weighted by molar-refractivity contribution is 0.0676. The van der Waals surface area contributed by atoms with E-state index >= 15 is 0 Å². The maximum absolute atomic E-state index is 12.6. The van der Waals surface area contributed by atoms with Crippen molar-refractivity contribution in [3.63, 3.8) is 0 Å². The fourth-order valence-corrected chi connectivity index (χ4v) is 2.11. The molecule has 1 aromatic carbocycles. The van der Waals surface area contributed by atoms with E-state index in [1.165, 1.54) is 12.3 Å². The van der Waals surface area contributed by atoms with Crippen LogP contribution in [0.3, 0.4) is 0 Å². The average Bonchev–Trinajstić information content (AvgIpc) is 2.73. The van der Waals surface area contributed by atoms with Gasteiger partial charge in [0, 0.05) is 17.8 Å². The lowest BCUT2D eigenvalue weighted by Gasteiger charge is -2.16. The van der Waals surface area contributed by atoms with Gasteiger partial charge in [-0.1, -0.05) is 12.1 Å². The number of alkyl halides is 2. The van der Waals surface area contributed by atoms with E-state index in [4.69, 9.17) is 24.5 Å². The second-order valence-electron chi connectivity index (χ2n) is 5.28. The van der Waals surface area contributed by atoms with Gasteiger partial charge in [0.25, 0.3) is 5.90 Å². The van der Waals surface area contributed by atoms with E-state index in [1.54, 1.807) is 24.3 Å². The summed E-state index contributed by atoms with van der Waals surface area (Å²) in [5, 5.41) is 12.0. The van der Waals surface area contributed by atoms with E-state index in [-0.39, 0.29) is 35.9 Å². The van der Waals surface area contributed by atoms with Gasteiger partial charge in [-0.3, -0.25) is 5.41 Å². The van der Waals surface area contributed by atoms with Crippen molar-refractivity contribution in [1.29, 1.82) is 5.41 Å². The zero-order chi connectivity index (χ0) is 19.1. The highest BCUT2D eigenvalue weighted by Gasteiger charge is 2.20. The van der Waals surface area contributed by atoms with Gasteiger partial charge < -0.3 is 19.0 Å². The fourth-order valence-electron chi connectivity index (χ4n) is 2.11. The zero-order valence-corrected chi connectivity index (χ0v) is 14.1. The first kappa shape index (κ1) is 18.5. The molecule has 10 heteroatoms. The number of ether oxygens (including phenoxy) is 3. The molecule has 27 heavy (non-hydrogen) atoms. The van der Waals surface area contributed by atoms with Crippen LogP contribution in [0.2, 0.25) is 0 Å². The molecule has 0 atom stereocenters. The van der Waals surface area contributed by atoms with Crippen molar-refractivity contribution < 1.29 is 27.8 Å². The number of benzene rings is 1. The lowest BCUT2D eigenvalue weighted by Crippen LogP contribution is -2.24. The van der Waals surface area contributed by atoms with Gasteiger partial charge in [-0.15, -0.1) is 0 Å². The molecule has 0 saturated heterocycles. The number of hydrogen-bond acceptors (Lipinski definition) is 8. The zero-order valence-electron chi connectivity index (χ0n) is 14.1. The summed E-state index contributed by atoms with van der Waals surface area (Å²) in [6.45, 7) is -1.37. The minimum Gasteiger partial charge on any atom is -0.470 e. The predicted molar refractivity (Wildman–Crippen MR) is 91.1 cm³/mol. The summed E-state index contributed by atoms with van der Waals surface area (Å²) < 4.78 is 41.2. The Hall–Kier alpha value is -3.30. The highest BCUT2D eigenvalue weighted by molar-refractivity contribution is 6.44. The highest BCUT2D eigenvalue weighted by atomic mass is 19.1. The third-order valence-corrected chi connectivity index (χ3v) is 3.37. The molecule has 0 radical (unpaired) electrons. The van der Waals surface area contributed by atoms with E-state index in [0.717, 1.165) is 0 Å². The Labute approximate surface area is 153 Å². The van der Waals surface area contributed by atoms with E-state index in [2.05, 4.69) is 15.1 Å². The first-order valence-corrected chi connectivity index (χ1v) is 8.02. The molecule has 0 aliphatic carbocycles.